The smallest absolute Gasteiger partial charge is 0.287 e. The van der Waals surface area contributed by atoms with Crippen molar-refractivity contribution in [3.8, 4) is 22.8 Å². The number of benzene rings is 3. The topological polar surface area (TPSA) is 102 Å². The van der Waals surface area contributed by atoms with Crippen LogP contribution in [0, 0.1) is 0 Å². The molecule has 0 spiro atoms. The molecule has 1 aliphatic rings. The van der Waals surface area contributed by atoms with Crippen molar-refractivity contribution in [3.05, 3.63) is 113 Å². The van der Waals surface area contributed by atoms with Crippen molar-refractivity contribution in [1.29, 1.82) is 0 Å². The molecule has 8 nitrogen and oxygen atoms in total. The van der Waals surface area contributed by atoms with Gasteiger partial charge in [-0.1, -0.05) is 48.0 Å². The molecule has 184 valence electrons. The quantitative estimate of drug-likeness (QED) is 0.200. The number of nitrogens with one attached hydrogen (secondary N) is 2. The number of carbonyl (C=O) groups excluding carboxylic acids is 2. The lowest BCUT2D eigenvalue weighted by Gasteiger charge is -2.09. The molecule has 0 fully saturated rings. The van der Waals surface area contributed by atoms with Crippen molar-refractivity contribution >= 4 is 35.7 Å². The maximum atomic E-state index is 13.0. The maximum absolute atomic E-state index is 13.0. The number of amides is 2. The zero-order valence-electron chi connectivity index (χ0n) is 19.3. The fraction of sp³-hybridized carbons (Fsp3) is 0.0357. The highest BCUT2D eigenvalue weighted by Crippen LogP contribution is 2.33. The number of hydrogen-bond donors (Lipinski definition) is 2. The summed E-state index contributed by atoms with van der Waals surface area (Å²) in [6.07, 6.45) is 2.88. The first-order chi connectivity index (χ1) is 18.1. The number of hydrogen-bond acceptors (Lipinski definition) is 6. The van der Waals surface area contributed by atoms with E-state index in [1.54, 1.807) is 66.7 Å². The van der Waals surface area contributed by atoms with Crippen LogP contribution in [0.25, 0.3) is 17.4 Å². The van der Waals surface area contributed by atoms with Gasteiger partial charge in [-0.25, -0.2) is 5.43 Å². The Labute approximate surface area is 217 Å². The third kappa shape index (κ3) is 5.71. The maximum Gasteiger partial charge on any atom is 0.287 e. The minimum Gasteiger partial charge on any atom is -0.455 e. The molecule has 3 aromatic carbocycles. The van der Waals surface area contributed by atoms with E-state index in [9.17, 15) is 9.59 Å². The van der Waals surface area contributed by atoms with Crippen LogP contribution in [0.2, 0.25) is 5.02 Å². The average molecular weight is 514 g/mol. The van der Waals surface area contributed by atoms with Gasteiger partial charge in [0.2, 0.25) is 6.79 Å². The van der Waals surface area contributed by atoms with Crippen molar-refractivity contribution in [2.75, 3.05) is 6.79 Å². The van der Waals surface area contributed by atoms with E-state index in [4.69, 9.17) is 25.5 Å². The lowest BCUT2D eigenvalue weighted by atomic mass is 10.1. The van der Waals surface area contributed by atoms with Crippen LogP contribution in [-0.4, -0.2) is 24.8 Å². The predicted molar refractivity (Wildman–Crippen MR) is 139 cm³/mol. The molecule has 5 rings (SSSR count). The Morgan fingerprint density at radius 1 is 0.892 bits per heavy atom. The second kappa shape index (κ2) is 10.8. The van der Waals surface area contributed by atoms with Crippen LogP contribution in [0.5, 0.6) is 11.5 Å². The van der Waals surface area contributed by atoms with E-state index >= 15 is 0 Å². The van der Waals surface area contributed by atoms with Crippen molar-refractivity contribution in [1.82, 2.24) is 10.7 Å². The van der Waals surface area contributed by atoms with Crippen LogP contribution < -0.4 is 20.2 Å². The highest BCUT2D eigenvalue weighted by atomic mass is 35.5. The summed E-state index contributed by atoms with van der Waals surface area (Å²) >= 11 is 6.23. The van der Waals surface area contributed by atoms with E-state index in [1.807, 2.05) is 18.2 Å². The zero-order valence-corrected chi connectivity index (χ0v) is 20.1. The van der Waals surface area contributed by atoms with Crippen molar-refractivity contribution in [3.63, 3.8) is 0 Å². The van der Waals surface area contributed by atoms with Gasteiger partial charge in [-0.3, -0.25) is 9.59 Å². The number of halogens is 1. The average Bonchev–Trinajstić information content (AvgIpc) is 3.58. The molecule has 9 heteroatoms. The molecule has 0 unspecified atom stereocenters. The Kier molecular flexibility index (Phi) is 7.00. The van der Waals surface area contributed by atoms with Gasteiger partial charge in [0, 0.05) is 11.1 Å². The third-order valence-electron chi connectivity index (χ3n) is 5.36. The van der Waals surface area contributed by atoms with Gasteiger partial charge >= 0.3 is 0 Å². The number of furan rings is 1. The van der Waals surface area contributed by atoms with Crippen molar-refractivity contribution < 1.29 is 23.5 Å². The fourth-order valence-corrected chi connectivity index (χ4v) is 3.78. The van der Waals surface area contributed by atoms with Gasteiger partial charge in [-0.05, 0) is 60.2 Å². The van der Waals surface area contributed by atoms with Crippen molar-refractivity contribution in [2.45, 2.75) is 0 Å². The minimum absolute atomic E-state index is 0.0129. The number of fused-ring (bicyclic) bond motifs is 1. The molecule has 0 saturated heterocycles. The first kappa shape index (κ1) is 23.9. The van der Waals surface area contributed by atoms with E-state index in [2.05, 4.69) is 15.8 Å². The second-order valence-corrected chi connectivity index (χ2v) is 8.28. The van der Waals surface area contributed by atoms with Gasteiger partial charge in [0.1, 0.15) is 17.2 Å². The largest absolute Gasteiger partial charge is 0.455 e. The Hall–Kier alpha value is -4.82. The number of nitrogens with zero attached hydrogens (tertiary/aromatic N) is 1. The van der Waals surface area contributed by atoms with Crippen LogP contribution in [0.4, 0.5) is 0 Å². The summed E-state index contributed by atoms with van der Waals surface area (Å²) in [7, 11) is 0. The molecule has 0 bridgehead atoms. The molecule has 2 amide bonds. The van der Waals surface area contributed by atoms with Crippen LogP contribution >= 0.6 is 11.6 Å². The summed E-state index contributed by atoms with van der Waals surface area (Å²) in [5.41, 5.74) is 4.18. The normalized spacial score (nSPS) is 12.5. The summed E-state index contributed by atoms with van der Waals surface area (Å²) in [6.45, 7) is 0.125. The van der Waals surface area contributed by atoms with Crippen LogP contribution in [-0.2, 0) is 4.79 Å². The highest BCUT2D eigenvalue weighted by molar-refractivity contribution is 6.33. The monoisotopic (exact) mass is 513 g/mol. The van der Waals surface area contributed by atoms with E-state index in [1.165, 1.54) is 12.3 Å². The highest BCUT2D eigenvalue weighted by Gasteiger charge is 2.17. The Morgan fingerprint density at radius 2 is 1.68 bits per heavy atom. The summed E-state index contributed by atoms with van der Waals surface area (Å²) in [5, 5.41) is 7.20. The third-order valence-corrected chi connectivity index (χ3v) is 5.69. The van der Waals surface area contributed by atoms with E-state index in [-0.39, 0.29) is 12.5 Å². The molecule has 2 heterocycles. The zero-order chi connectivity index (χ0) is 25.6. The molecular weight excluding hydrogens is 494 g/mol. The van der Waals surface area contributed by atoms with Crippen LogP contribution in [0.3, 0.4) is 0 Å². The lowest BCUT2D eigenvalue weighted by molar-refractivity contribution is -0.117. The van der Waals surface area contributed by atoms with Crippen molar-refractivity contribution in [2.24, 2.45) is 5.10 Å². The Balaban J connectivity index is 1.34. The predicted octanol–water partition coefficient (Wildman–Crippen LogP) is 5.25. The molecule has 0 atom stereocenters. The number of ether oxygens (including phenoxy) is 2. The number of rotatable bonds is 7. The van der Waals surface area contributed by atoms with Gasteiger partial charge in [0.15, 0.2) is 11.5 Å². The lowest BCUT2D eigenvalue weighted by Crippen LogP contribution is -2.32. The van der Waals surface area contributed by atoms with Gasteiger partial charge in [-0.15, -0.1) is 0 Å². The van der Waals surface area contributed by atoms with Gasteiger partial charge in [-0.2, -0.15) is 5.10 Å². The van der Waals surface area contributed by atoms with E-state index in [0.29, 0.717) is 39.2 Å². The SMILES string of the molecule is O=C(N/N=C/c1ccc(-c2ccccc2Cl)o1)/C(=C\c1ccc2c(c1)OCO2)NC(=O)c1ccccc1. The molecule has 1 aromatic heterocycles. The number of carbonyl (C=O) groups is 2. The molecule has 2 N–H and O–H groups in total. The van der Waals surface area contributed by atoms with Crippen LogP contribution in [0.15, 0.2) is 100 Å². The summed E-state index contributed by atoms with van der Waals surface area (Å²) in [5.74, 6) is 1.06. The van der Waals surface area contributed by atoms with Gasteiger partial charge < -0.3 is 19.2 Å². The molecule has 1 aliphatic heterocycles. The Morgan fingerprint density at radius 3 is 2.51 bits per heavy atom. The van der Waals surface area contributed by atoms with E-state index in [0.717, 1.165) is 5.56 Å². The molecule has 4 aromatic rings. The fourth-order valence-electron chi connectivity index (χ4n) is 3.55. The molecular formula is C28H20ClN3O5. The minimum atomic E-state index is -0.629. The van der Waals surface area contributed by atoms with E-state index < -0.39 is 11.8 Å². The summed E-state index contributed by atoms with van der Waals surface area (Å²) < 4.78 is 16.5. The summed E-state index contributed by atoms with van der Waals surface area (Å²) in [6, 6.07) is 24.5. The number of hydrazone groups is 1. The van der Waals surface area contributed by atoms with Gasteiger partial charge in [0.25, 0.3) is 11.8 Å². The second-order valence-electron chi connectivity index (χ2n) is 7.87. The first-order valence-corrected chi connectivity index (χ1v) is 11.6. The van der Waals surface area contributed by atoms with Crippen LogP contribution in [0.1, 0.15) is 21.7 Å². The van der Waals surface area contributed by atoms with Gasteiger partial charge in [0.05, 0.1) is 11.2 Å². The molecule has 0 saturated carbocycles. The Bertz CT molecular complexity index is 1510. The molecule has 0 aliphatic carbocycles. The molecule has 0 radical (unpaired) electrons. The first-order valence-electron chi connectivity index (χ1n) is 11.2. The standard InChI is InChI=1S/C28H20ClN3O5/c29-22-9-5-4-8-21(22)24-13-11-20(37-24)16-30-32-28(34)23(31-27(33)19-6-2-1-3-7-19)14-18-10-12-25-26(15-18)36-17-35-25/h1-16H,17H2,(H,31,33)(H,32,34)/b23-14+,30-16+. The molecule has 37 heavy (non-hydrogen) atoms. The summed E-state index contributed by atoms with van der Waals surface area (Å²) in [4.78, 5) is 25.8.